The van der Waals surface area contributed by atoms with E-state index in [0.717, 1.165) is 21.8 Å². The van der Waals surface area contributed by atoms with Crippen LogP contribution in [-0.2, 0) is 0 Å². The van der Waals surface area contributed by atoms with Crippen LogP contribution >= 0.6 is 11.3 Å². The van der Waals surface area contributed by atoms with Crippen LogP contribution in [-0.4, -0.2) is 18.2 Å². The van der Waals surface area contributed by atoms with Crippen molar-refractivity contribution in [3.63, 3.8) is 0 Å². The predicted octanol–water partition coefficient (Wildman–Crippen LogP) is 3.43. The van der Waals surface area contributed by atoms with Crippen LogP contribution < -0.4 is 4.74 Å². The molecule has 1 N–H and O–H groups in total. The van der Waals surface area contributed by atoms with Crippen LogP contribution in [0.1, 0.15) is 15.2 Å². The lowest BCUT2D eigenvalue weighted by molar-refractivity contribution is 0.0698. The second-order valence-electron chi connectivity index (χ2n) is 3.61. The maximum atomic E-state index is 11.1. The number of hydrogen-bond acceptors (Lipinski definition) is 3. The molecular formula is C13H12O3S. The number of methoxy groups -OCH3 is 1. The summed E-state index contributed by atoms with van der Waals surface area (Å²) in [5.41, 5.74) is 2.06. The van der Waals surface area contributed by atoms with Crippen LogP contribution in [0.3, 0.4) is 0 Å². The summed E-state index contributed by atoms with van der Waals surface area (Å²) in [5, 5.41) is 10.8. The first kappa shape index (κ1) is 11.7. The molecule has 0 saturated carbocycles. The van der Waals surface area contributed by atoms with E-state index in [2.05, 4.69) is 0 Å². The average Bonchev–Trinajstić information content (AvgIpc) is 2.71. The molecule has 3 nitrogen and oxygen atoms in total. The molecule has 0 spiro atoms. The minimum atomic E-state index is -0.889. The average molecular weight is 248 g/mol. The van der Waals surface area contributed by atoms with E-state index in [1.807, 2.05) is 31.2 Å². The topological polar surface area (TPSA) is 46.5 Å². The third-order valence-corrected chi connectivity index (χ3v) is 3.50. The smallest absolute Gasteiger partial charge is 0.337 e. The van der Waals surface area contributed by atoms with Gasteiger partial charge in [-0.05, 0) is 24.6 Å². The van der Waals surface area contributed by atoms with Gasteiger partial charge in [-0.1, -0.05) is 12.1 Å². The highest BCUT2D eigenvalue weighted by molar-refractivity contribution is 7.10. The standard InChI is InChI=1S/C13H12O3S/c1-8-12(11(7-17-8)13(14)15)9-3-5-10(16-2)6-4-9/h3-7H,1-2H3,(H,14,15). The zero-order valence-electron chi connectivity index (χ0n) is 9.56. The Kier molecular flexibility index (Phi) is 3.15. The second kappa shape index (κ2) is 4.59. The summed E-state index contributed by atoms with van der Waals surface area (Å²) in [6, 6.07) is 7.41. The number of thiophene rings is 1. The fourth-order valence-electron chi connectivity index (χ4n) is 1.73. The summed E-state index contributed by atoms with van der Waals surface area (Å²) in [6.07, 6.45) is 0. The van der Waals surface area contributed by atoms with Crippen molar-refractivity contribution in [2.75, 3.05) is 7.11 Å². The van der Waals surface area contributed by atoms with Gasteiger partial charge in [-0.3, -0.25) is 0 Å². The lowest BCUT2D eigenvalue weighted by Crippen LogP contribution is -1.96. The highest BCUT2D eigenvalue weighted by atomic mass is 32.1. The lowest BCUT2D eigenvalue weighted by Gasteiger charge is -2.05. The highest BCUT2D eigenvalue weighted by Crippen LogP contribution is 2.33. The summed E-state index contributed by atoms with van der Waals surface area (Å²) in [4.78, 5) is 12.1. The van der Waals surface area contributed by atoms with E-state index in [9.17, 15) is 4.79 Å². The van der Waals surface area contributed by atoms with Crippen LogP contribution in [0.2, 0.25) is 0 Å². The number of rotatable bonds is 3. The Morgan fingerprint density at radius 3 is 2.47 bits per heavy atom. The van der Waals surface area contributed by atoms with Crippen LogP contribution in [0, 0.1) is 6.92 Å². The summed E-state index contributed by atoms with van der Waals surface area (Å²) in [5.74, 6) is -0.126. The predicted molar refractivity (Wildman–Crippen MR) is 68.0 cm³/mol. The highest BCUT2D eigenvalue weighted by Gasteiger charge is 2.16. The van der Waals surface area contributed by atoms with Crippen molar-refractivity contribution >= 4 is 17.3 Å². The van der Waals surface area contributed by atoms with Crippen LogP contribution in [0.25, 0.3) is 11.1 Å². The number of hydrogen-bond donors (Lipinski definition) is 1. The second-order valence-corrected chi connectivity index (χ2v) is 4.70. The Labute approximate surface area is 103 Å². The number of carboxylic acids is 1. The van der Waals surface area contributed by atoms with Gasteiger partial charge < -0.3 is 9.84 Å². The van der Waals surface area contributed by atoms with Gasteiger partial charge in [0.05, 0.1) is 12.7 Å². The third-order valence-electron chi connectivity index (χ3n) is 2.58. The molecule has 17 heavy (non-hydrogen) atoms. The number of carboxylic acid groups (broad SMARTS) is 1. The van der Waals surface area contributed by atoms with Gasteiger partial charge in [0.2, 0.25) is 0 Å². The molecule has 1 heterocycles. The van der Waals surface area contributed by atoms with Crippen molar-refractivity contribution in [1.29, 1.82) is 0 Å². The lowest BCUT2D eigenvalue weighted by atomic mass is 10.0. The SMILES string of the molecule is COc1ccc(-c2c(C(=O)O)csc2C)cc1. The van der Waals surface area contributed by atoms with E-state index in [0.29, 0.717) is 5.56 Å². The van der Waals surface area contributed by atoms with Crippen molar-refractivity contribution in [3.05, 3.63) is 40.1 Å². The van der Waals surface area contributed by atoms with Gasteiger partial charge in [-0.25, -0.2) is 4.79 Å². The number of aryl methyl sites for hydroxylation is 1. The van der Waals surface area contributed by atoms with Gasteiger partial charge in [0.1, 0.15) is 5.75 Å². The van der Waals surface area contributed by atoms with Gasteiger partial charge in [0, 0.05) is 15.8 Å². The molecule has 0 bridgehead atoms. The van der Waals surface area contributed by atoms with Gasteiger partial charge in [-0.15, -0.1) is 11.3 Å². The molecule has 0 atom stereocenters. The van der Waals surface area contributed by atoms with E-state index in [-0.39, 0.29) is 0 Å². The summed E-state index contributed by atoms with van der Waals surface area (Å²) < 4.78 is 5.08. The van der Waals surface area contributed by atoms with E-state index < -0.39 is 5.97 Å². The number of ether oxygens (including phenoxy) is 1. The quantitative estimate of drug-likeness (QED) is 0.905. The molecule has 0 amide bonds. The molecule has 0 radical (unpaired) electrons. The van der Waals surface area contributed by atoms with Crippen molar-refractivity contribution in [3.8, 4) is 16.9 Å². The molecule has 88 valence electrons. The van der Waals surface area contributed by atoms with Crippen LogP contribution in [0.4, 0.5) is 0 Å². The molecule has 0 aliphatic heterocycles. The van der Waals surface area contributed by atoms with E-state index in [4.69, 9.17) is 9.84 Å². The zero-order valence-corrected chi connectivity index (χ0v) is 10.4. The van der Waals surface area contributed by atoms with Crippen LogP contribution in [0.15, 0.2) is 29.6 Å². The maximum Gasteiger partial charge on any atom is 0.337 e. The molecular weight excluding hydrogens is 236 g/mol. The molecule has 0 aliphatic carbocycles. The number of aromatic carboxylic acids is 1. The summed E-state index contributed by atoms with van der Waals surface area (Å²) in [7, 11) is 1.60. The van der Waals surface area contributed by atoms with Gasteiger partial charge >= 0.3 is 5.97 Å². The fraction of sp³-hybridized carbons (Fsp3) is 0.154. The zero-order chi connectivity index (χ0) is 12.4. The molecule has 0 aliphatic rings. The molecule has 0 fully saturated rings. The van der Waals surface area contributed by atoms with Gasteiger partial charge in [-0.2, -0.15) is 0 Å². The van der Waals surface area contributed by atoms with Crippen molar-refractivity contribution in [2.24, 2.45) is 0 Å². The molecule has 1 aromatic carbocycles. The van der Waals surface area contributed by atoms with Crippen LogP contribution in [0.5, 0.6) is 5.75 Å². The Balaban J connectivity index is 2.51. The minimum Gasteiger partial charge on any atom is -0.497 e. The molecule has 0 saturated heterocycles. The van der Waals surface area contributed by atoms with E-state index in [1.165, 1.54) is 11.3 Å². The Hall–Kier alpha value is -1.81. The molecule has 0 unspecified atom stereocenters. The summed E-state index contributed by atoms with van der Waals surface area (Å²) >= 11 is 1.45. The van der Waals surface area contributed by atoms with Crippen molar-refractivity contribution in [1.82, 2.24) is 0 Å². The number of benzene rings is 1. The fourth-order valence-corrected chi connectivity index (χ4v) is 2.59. The first-order valence-corrected chi connectivity index (χ1v) is 5.97. The summed E-state index contributed by atoms with van der Waals surface area (Å²) in [6.45, 7) is 1.93. The first-order valence-electron chi connectivity index (χ1n) is 5.09. The largest absolute Gasteiger partial charge is 0.497 e. The Bertz CT molecular complexity index is 540. The third kappa shape index (κ3) is 2.17. The monoisotopic (exact) mass is 248 g/mol. The first-order chi connectivity index (χ1) is 8.13. The van der Waals surface area contributed by atoms with Gasteiger partial charge in [0.15, 0.2) is 0 Å². The van der Waals surface area contributed by atoms with E-state index >= 15 is 0 Å². The van der Waals surface area contributed by atoms with Gasteiger partial charge in [0.25, 0.3) is 0 Å². The number of carbonyl (C=O) groups is 1. The normalized spacial score (nSPS) is 10.2. The minimum absolute atomic E-state index is 0.359. The molecule has 1 aromatic heterocycles. The van der Waals surface area contributed by atoms with Crippen molar-refractivity contribution in [2.45, 2.75) is 6.92 Å². The Morgan fingerprint density at radius 1 is 1.29 bits per heavy atom. The van der Waals surface area contributed by atoms with E-state index in [1.54, 1.807) is 12.5 Å². The molecule has 4 heteroatoms. The molecule has 2 rings (SSSR count). The Morgan fingerprint density at radius 2 is 1.94 bits per heavy atom. The van der Waals surface area contributed by atoms with Crippen molar-refractivity contribution < 1.29 is 14.6 Å². The molecule has 2 aromatic rings. The maximum absolute atomic E-state index is 11.1.